The van der Waals surface area contributed by atoms with Crippen LogP contribution in [-0.4, -0.2) is 42.6 Å². The molecule has 0 aromatic carbocycles. The van der Waals surface area contributed by atoms with E-state index in [0.29, 0.717) is 31.7 Å². The van der Waals surface area contributed by atoms with E-state index in [0.717, 1.165) is 31.6 Å². The van der Waals surface area contributed by atoms with Gasteiger partial charge in [0.2, 0.25) is 5.91 Å². The number of amides is 1. The fraction of sp³-hybridized carbons (Fsp3) is 0.625. The maximum atomic E-state index is 12.7. The fourth-order valence-corrected chi connectivity index (χ4v) is 3.62. The summed E-state index contributed by atoms with van der Waals surface area (Å²) in [6.07, 6.45) is -0.412. The molecule has 2 N–H and O–H groups in total. The Morgan fingerprint density at radius 1 is 1.37 bits per heavy atom. The van der Waals surface area contributed by atoms with Crippen molar-refractivity contribution in [3.8, 4) is 0 Å². The molecule has 2 aliphatic rings. The number of nitrogens with one attached hydrogen (secondary N) is 2. The first-order valence-electron chi connectivity index (χ1n) is 8.33. The average molecular weight is 450 g/mol. The zero-order valence-corrected chi connectivity index (χ0v) is 16.8. The number of nitrogens with zero attached hydrogens (tertiary/aromatic N) is 2. The Bertz CT molecular complexity index is 642. The van der Waals surface area contributed by atoms with Crippen molar-refractivity contribution in [1.82, 2.24) is 15.6 Å². The highest BCUT2D eigenvalue weighted by Gasteiger charge is 2.33. The lowest BCUT2D eigenvalue weighted by atomic mass is 10.1. The fourth-order valence-electron chi connectivity index (χ4n) is 3.33. The number of alkyl halides is 3. The summed E-state index contributed by atoms with van der Waals surface area (Å²) in [4.78, 5) is 17.8. The van der Waals surface area contributed by atoms with E-state index in [2.05, 4.69) is 15.6 Å². The monoisotopic (exact) mass is 448 g/mol. The van der Waals surface area contributed by atoms with Gasteiger partial charge in [-0.25, -0.2) is 4.98 Å². The molecule has 2 fully saturated rings. The number of anilines is 1. The van der Waals surface area contributed by atoms with Crippen molar-refractivity contribution in [1.29, 1.82) is 0 Å². The summed E-state index contributed by atoms with van der Waals surface area (Å²) in [5.74, 6) is 0.321. The van der Waals surface area contributed by atoms with Crippen LogP contribution in [0.15, 0.2) is 12.3 Å². The largest absolute Gasteiger partial charge is 0.417 e. The second kappa shape index (κ2) is 10.0. The summed E-state index contributed by atoms with van der Waals surface area (Å²) in [5, 5.41) is 6.24. The summed E-state index contributed by atoms with van der Waals surface area (Å²) in [6, 6.07) is 1.08. The van der Waals surface area contributed by atoms with Crippen molar-refractivity contribution < 1.29 is 18.0 Å². The van der Waals surface area contributed by atoms with Crippen LogP contribution in [-0.2, 0) is 11.0 Å². The molecule has 5 nitrogen and oxygen atoms in total. The molecule has 0 radical (unpaired) electrons. The second-order valence-corrected chi connectivity index (χ2v) is 6.93. The third kappa shape index (κ3) is 6.27. The van der Waals surface area contributed by atoms with Gasteiger partial charge in [0, 0.05) is 37.8 Å². The zero-order valence-electron chi connectivity index (χ0n) is 14.4. The van der Waals surface area contributed by atoms with Crippen LogP contribution in [0, 0.1) is 0 Å². The molecule has 2 atom stereocenters. The Labute approximate surface area is 173 Å². The molecule has 3 heterocycles. The first-order chi connectivity index (χ1) is 11.8. The smallest absolute Gasteiger partial charge is 0.353 e. The van der Waals surface area contributed by atoms with Gasteiger partial charge in [-0.1, -0.05) is 11.6 Å². The highest BCUT2D eigenvalue weighted by atomic mass is 35.5. The molecule has 0 saturated carbocycles. The van der Waals surface area contributed by atoms with E-state index in [4.69, 9.17) is 11.6 Å². The third-order valence-electron chi connectivity index (χ3n) is 4.60. The van der Waals surface area contributed by atoms with Crippen LogP contribution < -0.4 is 15.5 Å². The minimum absolute atomic E-state index is 0. The second-order valence-electron chi connectivity index (χ2n) is 6.52. The summed E-state index contributed by atoms with van der Waals surface area (Å²) >= 11 is 5.98. The van der Waals surface area contributed by atoms with Gasteiger partial charge in [0.25, 0.3) is 0 Å². The zero-order chi connectivity index (χ0) is 18.0. The van der Waals surface area contributed by atoms with Crippen molar-refractivity contribution in [2.24, 2.45) is 0 Å². The molecule has 11 heteroatoms. The molecule has 2 saturated heterocycles. The lowest BCUT2D eigenvalue weighted by molar-refractivity contribution is -0.137. The van der Waals surface area contributed by atoms with Gasteiger partial charge in [0.05, 0.1) is 10.6 Å². The molecular weight excluding hydrogens is 428 g/mol. The Balaban J connectivity index is 0.00000182. The molecule has 1 amide bonds. The van der Waals surface area contributed by atoms with Crippen molar-refractivity contribution >= 4 is 48.1 Å². The van der Waals surface area contributed by atoms with Gasteiger partial charge in [0.1, 0.15) is 5.82 Å². The van der Waals surface area contributed by atoms with E-state index in [-0.39, 0.29) is 47.8 Å². The topological polar surface area (TPSA) is 57.3 Å². The number of pyridine rings is 1. The molecule has 1 aromatic rings. The molecule has 3 rings (SSSR count). The quantitative estimate of drug-likeness (QED) is 0.739. The van der Waals surface area contributed by atoms with Crippen LogP contribution in [0.2, 0.25) is 5.02 Å². The first-order valence-corrected chi connectivity index (χ1v) is 8.71. The normalized spacial score (nSPS) is 22.1. The van der Waals surface area contributed by atoms with Crippen LogP contribution in [0.1, 0.15) is 31.2 Å². The Hall–Kier alpha value is -0.960. The number of carbonyl (C=O) groups is 1. The average Bonchev–Trinajstić information content (AvgIpc) is 3.18. The Morgan fingerprint density at radius 3 is 2.70 bits per heavy atom. The van der Waals surface area contributed by atoms with E-state index in [1.165, 1.54) is 0 Å². The van der Waals surface area contributed by atoms with Crippen LogP contribution >= 0.6 is 36.4 Å². The number of hydrogen-bond acceptors (Lipinski definition) is 4. The SMILES string of the molecule is Cl.Cl.O=C(CC1CCCN1)NC1CCN(c2ncc(C(F)(F)F)cc2Cl)C1. The first kappa shape index (κ1) is 24.1. The van der Waals surface area contributed by atoms with Gasteiger partial charge in [0.15, 0.2) is 0 Å². The van der Waals surface area contributed by atoms with Crippen molar-refractivity contribution in [2.45, 2.75) is 43.9 Å². The summed E-state index contributed by atoms with van der Waals surface area (Å²) in [5.41, 5.74) is -0.866. The van der Waals surface area contributed by atoms with E-state index in [9.17, 15) is 18.0 Å². The van der Waals surface area contributed by atoms with E-state index in [1.54, 1.807) is 4.90 Å². The van der Waals surface area contributed by atoms with Crippen molar-refractivity contribution in [3.05, 3.63) is 22.8 Å². The molecule has 2 unspecified atom stereocenters. The van der Waals surface area contributed by atoms with Gasteiger partial charge in [-0.05, 0) is 31.9 Å². The highest BCUT2D eigenvalue weighted by molar-refractivity contribution is 6.33. The number of halogens is 6. The number of carbonyl (C=O) groups excluding carboxylic acids is 1. The van der Waals surface area contributed by atoms with E-state index >= 15 is 0 Å². The maximum Gasteiger partial charge on any atom is 0.417 e. The van der Waals surface area contributed by atoms with Gasteiger partial charge >= 0.3 is 6.18 Å². The van der Waals surface area contributed by atoms with Crippen LogP contribution in [0.3, 0.4) is 0 Å². The van der Waals surface area contributed by atoms with Gasteiger partial charge in [-0.3, -0.25) is 4.79 Å². The molecule has 2 aliphatic heterocycles. The predicted octanol–water partition coefficient (Wildman–Crippen LogP) is 3.43. The molecule has 0 aliphatic carbocycles. The van der Waals surface area contributed by atoms with E-state index < -0.39 is 11.7 Å². The standard InChI is InChI=1S/C16H20ClF3N4O.2ClH/c17-13-6-10(16(18,19)20)8-22-15(13)24-5-3-12(9-24)23-14(25)7-11-2-1-4-21-11;;/h6,8,11-12,21H,1-5,7,9H2,(H,23,25);2*1H. The molecule has 154 valence electrons. The van der Waals surface area contributed by atoms with Gasteiger partial charge < -0.3 is 15.5 Å². The van der Waals surface area contributed by atoms with Crippen LogP contribution in [0.25, 0.3) is 0 Å². The summed E-state index contributed by atoms with van der Waals surface area (Å²) < 4.78 is 38.1. The lowest BCUT2D eigenvalue weighted by Gasteiger charge is -2.20. The molecular formula is C16H22Cl3F3N4O. The summed E-state index contributed by atoms with van der Waals surface area (Å²) in [7, 11) is 0. The number of rotatable bonds is 4. The van der Waals surface area contributed by atoms with E-state index in [1.807, 2.05) is 0 Å². The number of aromatic nitrogens is 1. The highest BCUT2D eigenvalue weighted by Crippen LogP contribution is 2.34. The van der Waals surface area contributed by atoms with Crippen LogP contribution in [0.4, 0.5) is 19.0 Å². The minimum Gasteiger partial charge on any atom is -0.353 e. The minimum atomic E-state index is -4.47. The predicted molar refractivity (Wildman–Crippen MR) is 103 cm³/mol. The van der Waals surface area contributed by atoms with Crippen LogP contribution in [0.5, 0.6) is 0 Å². The van der Waals surface area contributed by atoms with Crippen molar-refractivity contribution in [3.63, 3.8) is 0 Å². The number of hydrogen-bond donors (Lipinski definition) is 2. The molecule has 27 heavy (non-hydrogen) atoms. The van der Waals surface area contributed by atoms with Gasteiger partial charge in [-0.2, -0.15) is 13.2 Å². The maximum absolute atomic E-state index is 12.7. The third-order valence-corrected chi connectivity index (χ3v) is 4.87. The molecule has 0 spiro atoms. The Morgan fingerprint density at radius 2 is 2.11 bits per heavy atom. The summed E-state index contributed by atoms with van der Waals surface area (Å²) in [6.45, 7) is 2.03. The van der Waals surface area contributed by atoms with Crippen molar-refractivity contribution in [2.75, 3.05) is 24.5 Å². The molecule has 0 bridgehead atoms. The molecule has 1 aromatic heterocycles. The lowest BCUT2D eigenvalue weighted by Crippen LogP contribution is -2.40. The Kier molecular flexibility index (Phi) is 8.92. The van der Waals surface area contributed by atoms with Gasteiger partial charge in [-0.15, -0.1) is 24.8 Å².